The maximum absolute atomic E-state index is 11.3. The lowest BCUT2D eigenvalue weighted by molar-refractivity contribution is -0.118. The number of hydrogen-bond acceptors (Lipinski definition) is 6. The first-order chi connectivity index (χ1) is 15.8. The third-order valence-corrected chi connectivity index (χ3v) is 7.18. The molecule has 2 atom stereocenters. The SMILES string of the molecule is O=C(O)c1cccc(CN2C[C@H]3C[C@@H](O)CN3C3(C2)CN(Cc2cccc(C(=O)O)c2)C3)c1. The molecule has 0 amide bonds. The van der Waals surface area contributed by atoms with Crippen molar-refractivity contribution >= 4 is 11.9 Å². The molecule has 3 aliphatic rings. The van der Waals surface area contributed by atoms with E-state index in [0.29, 0.717) is 30.8 Å². The highest BCUT2D eigenvalue weighted by Gasteiger charge is 2.55. The number of aromatic carboxylic acids is 2. The minimum Gasteiger partial charge on any atom is -0.478 e. The maximum atomic E-state index is 11.3. The van der Waals surface area contributed by atoms with E-state index in [2.05, 4.69) is 14.7 Å². The van der Waals surface area contributed by atoms with Gasteiger partial charge in [0.1, 0.15) is 0 Å². The van der Waals surface area contributed by atoms with Crippen LogP contribution >= 0.6 is 0 Å². The fraction of sp³-hybridized carbons (Fsp3) is 0.440. The first kappa shape index (κ1) is 22.0. The molecule has 0 radical (unpaired) electrons. The number of hydrogen-bond donors (Lipinski definition) is 3. The van der Waals surface area contributed by atoms with Gasteiger partial charge in [-0.05, 0) is 41.8 Å². The van der Waals surface area contributed by atoms with Crippen molar-refractivity contribution in [3.8, 4) is 0 Å². The Labute approximate surface area is 192 Å². The van der Waals surface area contributed by atoms with Crippen LogP contribution in [0.15, 0.2) is 48.5 Å². The van der Waals surface area contributed by atoms with Gasteiger partial charge in [-0.2, -0.15) is 0 Å². The molecule has 3 fully saturated rings. The van der Waals surface area contributed by atoms with Gasteiger partial charge in [0.05, 0.1) is 22.8 Å². The minimum absolute atomic E-state index is 0.0464. The zero-order valence-electron chi connectivity index (χ0n) is 18.4. The number of β-amino-alcohol motifs (C(OH)–C–C–N with tert-alkyl or cyclic N) is 1. The summed E-state index contributed by atoms with van der Waals surface area (Å²) in [4.78, 5) is 29.8. The van der Waals surface area contributed by atoms with Crippen LogP contribution in [0.2, 0.25) is 0 Å². The van der Waals surface area contributed by atoms with E-state index in [9.17, 15) is 24.9 Å². The number of fused-ring (bicyclic) bond motifs is 2. The molecular weight excluding hydrogens is 422 g/mol. The van der Waals surface area contributed by atoms with Crippen molar-refractivity contribution < 1.29 is 24.9 Å². The summed E-state index contributed by atoms with van der Waals surface area (Å²) in [5, 5.41) is 28.9. The number of likely N-dealkylation sites (tertiary alicyclic amines) is 1. The van der Waals surface area contributed by atoms with Gasteiger partial charge in [0, 0.05) is 51.9 Å². The average Bonchev–Trinajstić information content (AvgIpc) is 3.13. The van der Waals surface area contributed by atoms with Crippen molar-refractivity contribution in [2.45, 2.75) is 37.2 Å². The van der Waals surface area contributed by atoms with Crippen LogP contribution in [-0.4, -0.2) is 92.4 Å². The molecule has 1 spiro atoms. The minimum atomic E-state index is -0.918. The quantitative estimate of drug-likeness (QED) is 0.608. The normalized spacial score (nSPS) is 25.0. The molecule has 3 aliphatic heterocycles. The van der Waals surface area contributed by atoms with Gasteiger partial charge >= 0.3 is 11.9 Å². The first-order valence-corrected chi connectivity index (χ1v) is 11.4. The van der Waals surface area contributed by atoms with Gasteiger partial charge in [-0.15, -0.1) is 0 Å². The number of carboxylic acids is 2. The zero-order chi connectivity index (χ0) is 23.2. The Morgan fingerprint density at radius 3 is 1.97 bits per heavy atom. The highest BCUT2D eigenvalue weighted by molar-refractivity contribution is 5.88. The van der Waals surface area contributed by atoms with Crippen molar-refractivity contribution in [2.24, 2.45) is 0 Å². The molecule has 0 aromatic heterocycles. The number of benzene rings is 2. The molecule has 0 aliphatic carbocycles. The van der Waals surface area contributed by atoms with Crippen LogP contribution in [0.1, 0.15) is 38.3 Å². The standard InChI is InChI=1S/C25H29N3O5/c29-22-9-21-12-26(10-17-3-1-5-19(7-17)23(30)31)14-25(28(21)13-22)15-27(16-25)11-18-4-2-6-20(8-18)24(32)33/h1-8,21-22,29H,9-16H2,(H,30,31)(H,32,33)/t21-,22-/m1/s1. The lowest BCUT2D eigenvalue weighted by Crippen LogP contribution is -2.77. The van der Waals surface area contributed by atoms with Gasteiger partial charge in [-0.3, -0.25) is 14.7 Å². The van der Waals surface area contributed by atoms with Crippen molar-refractivity contribution in [1.29, 1.82) is 0 Å². The number of rotatable bonds is 6. The van der Waals surface area contributed by atoms with Crippen LogP contribution in [0, 0.1) is 0 Å². The largest absolute Gasteiger partial charge is 0.478 e. The number of piperazine rings is 1. The molecule has 0 saturated carbocycles. The van der Waals surface area contributed by atoms with Gasteiger partial charge in [-0.25, -0.2) is 9.59 Å². The molecule has 0 unspecified atom stereocenters. The van der Waals surface area contributed by atoms with Crippen LogP contribution in [0.5, 0.6) is 0 Å². The third kappa shape index (κ3) is 4.39. The molecule has 3 saturated heterocycles. The van der Waals surface area contributed by atoms with Crippen LogP contribution in [0.25, 0.3) is 0 Å². The van der Waals surface area contributed by atoms with Gasteiger partial charge in [0.15, 0.2) is 0 Å². The first-order valence-electron chi connectivity index (χ1n) is 11.4. The van der Waals surface area contributed by atoms with E-state index >= 15 is 0 Å². The monoisotopic (exact) mass is 451 g/mol. The summed E-state index contributed by atoms with van der Waals surface area (Å²) >= 11 is 0. The fourth-order valence-electron chi connectivity index (χ4n) is 5.94. The molecule has 8 nitrogen and oxygen atoms in total. The van der Waals surface area contributed by atoms with Crippen molar-refractivity contribution in [1.82, 2.24) is 14.7 Å². The van der Waals surface area contributed by atoms with Crippen LogP contribution in [0.4, 0.5) is 0 Å². The van der Waals surface area contributed by atoms with Crippen LogP contribution < -0.4 is 0 Å². The smallest absolute Gasteiger partial charge is 0.335 e. The van der Waals surface area contributed by atoms with E-state index in [1.165, 1.54) is 0 Å². The summed E-state index contributed by atoms with van der Waals surface area (Å²) in [6, 6.07) is 14.5. The summed E-state index contributed by atoms with van der Waals surface area (Å²) in [6.45, 7) is 5.51. The van der Waals surface area contributed by atoms with Crippen molar-refractivity contribution in [3.63, 3.8) is 0 Å². The molecule has 33 heavy (non-hydrogen) atoms. The van der Waals surface area contributed by atoms with Gasteiger partial charge in [0.25, 0.3) is 0 Å². The van der Waals surface area contributed by atoms with E-state index in [-0.39, 0.29) is 17.7 Å². The number of aliphatic hydroxyl groups excluding tert-OH is 1. The second-order valence-electron chi connectivity index (χ2n) is 9.75. The third-order valence-electron chi connectivity index (χ3n) is 7.18. The average molecular weight is 452 g/mol. The Bertz CT molecular complexity index is 1070. The highest BCUT2D eigenvalue weighted by Crippen LogP contribution is 2.39. The van der Waals surface area contributed by atoms with Crippen molar-refractivity contribution in [2.75, 3.05) is 32.7 Å². The molecule has 2 aromatic rings. The van der Waals surface area contributed by atoms with Gasteiger partial charge < -0.3 is 15.3 Å². The number of aliphatic hydroxyl groups is 1. The Kier molecular flexibility index (Phi) is 5.70. The Hall–Kier alpha value is -2.78. The second-order valence-corrected chi connectivity index (χ2v) is 9.75. The lowest BCUT2D eigenvalue weighted by atomic mass is 9.83. The molecule has 174 valence electrons. The summed E-state index contributed by atoms with van der Waals surface area (Å²) < 4.78 is 0. The summed E-state index contributed by atoms with van der Waals surface area (Å²) in [5.74, 6) is -1.83. The van der Waals surface area contributed by atoms with Gasteiger partial charge in [-0.1, -0.05) is 24.3 Å². The number of nitrogens with zero attached hydrogens (tertiary/aromatic N) is 3. The van der Waals surface area contributed by atoms with Crippen LogP contribution in [-0.2, 0) is 13.1 Å². The Morgan fingerprint density at radius 2 is 1.39 bits per heavy atom. The van der Waals surface area contributed by atoms with E-state index in [1.807, 2.05) is 12.1 Å². The molecule has 3 N–H and O–H groups in total. The molecule has 8 heteroatoms. The number of carbonyl (C=O) groups is 2. The molecule has 0 bridgehead atoms. The molecule has 2 aromatic carbocycles. The lowest BCUT2D eigenvalue weighted by Gasteiger charge is -2.61. The van der Waals surface area contributed by atoms with Crippen LogP contribution in [0.3, 0.4) is 0 Å². The second kappa shape index (κ2) is 8.53. The van der Waals surface area contributed by atoms with E-state index < -0.39 is 11.9 Å². The summed E-state index contributed by atoms with van der Waals surface area (Å²) in [6.07, 6.45) is 0.442. The molecule has 5 rings (SSSR count). The predicted octanol–water partition coefficient (Wildman–Crippen LogP) is 1.59. The van der Waals surface area contributed by atoms with Gasteiger partial charge in [0.2, 0.25) is 0 Å². The molecular formula is C25H29N3O5. The fourth-order valence-corrected chi connectivity index (χ4v) is 5.94. The molecule has 3 heterocycles. The van der Waals surface area contributed by atoms with E-state index in [1.54, 1.807) is 36.4 Å². The van der Waals surface area contributed by atoms with Crippen molar-refractivity contribution in [3.05, 3.63) is 70.8 Å². The topological polar surface area (TPSA) is 105 Å². The Balaban J connectivity index is 1.29. The van der Waals surface area contributed by atoms with E-state index in [0.717, 1.165) is 43.7 Å². The highest BCUT2D eigenvalue weighted by atomic mass is 16.4. The Morgan fingerprint density at radius 1 is 0.848 bits per heavy atom. The predicted molar refractivity (Wildman–Crippen MR) is 121 cm³/mol. The summed E-state index contributed by atoms with van der Waals surface area (Å²) in [7, 11) is 0. The number of carboxylic acid groups (broad SMARTS) is 2. The van der Waals surface area contributed by atoms with E-state index in [4.69, 9.17) is 0 Å². The zero-order valence-corrected chi connectivity index (χ0v) is 18.4. The maximum Gasteiger partial charge on any atom is 0.335 e. The summed E-state index contributed by atoms with van der Waals surface area (Å²) in [5.41, 5.74) is 2.53.